The summed E-state index contributed by atoms with van der Waals surface area (Å²) in [4.78, 5) is 12.7. The maximum absolute atomic E-state index is 13.1. The summed E-state index contributed by atoms with van der Waals surface area (Å²) < 4.78 is 21.2. The monoisotopic (exact) mass is 481 g/mol. The number of benzene rings is 3. The highest BCUT2D eigenvalue weighted by atomic mass is 19.1. The van der Waals surface area contributed by atoms with E-state index in [1.165, 1.54) is 29.8 Å². The lowest BCUT2D eigenvalue weighted by Crippen LogP contribution is -2.13. The maximum atomic E-state index is 13.1. The number of para-hydroxylation sites is 1. The van der Waals surface area contributed by atoms with E-state index >= 15 is 0 Å². The van der Waals surface area contributed by atoms with Gasteiger partial charge in [0, 0.05) is 28.4 Å². The van der Waals surface area contributed by atoms with Gasteiger partial charge in [-0.25, -0.2) is 4.39 Å². The molecule has 0 aliphatic rings. The van der Waals surface area contributed by atoms with Gasteiger partial charge in [0.1, 0.15) is 29.8 Å². The zero-order chi connectivity index (χ0) is 25.7. The van der Waals surface area contributed by atoms with Gasteiger partial charge in [-0.3, -0.25) is 4.79 Å². The van der Waals surface area contributed by atoms with Crippen molar-refractivity contribution in [3.05, 3.63) is 102 Å². The fraction of sp³-hybridized carbons (Fsp3) is 0.200. The smallest absolute Gasteiger partial charge is 0.266 e. The van der Waals surface area contributed by atoms with Crippen LogP contribution in [0.5, 0.6) is 5.75 Å². The highest BCUT2D eigenvalue weighted by Gasteiger charge is 2.14. The van der Waals surface area contributed by atoms with Gasteiger partial charge in [0.05, 0.1) is 6.54 Å². The van der Waals surface area contributed by atoms with Gasteiger partial charge < -0.3 is 14.6 Å². The average molecular weight is 482 g/mol. The summed E-state index contributed by atoms with van der Waals surface area (Å²) in [6.45, 7) is 7.59. The Hall–Kier alpha value is -4.37. The summed E-state index contributed by atoms with van der Waals surface area (Å²) in [6, 6.07) is 23.3. The van der Waals surface area contributed by atoms with Gasteiger partial charge in [-0.05, 0) is 59.5 Å². The molecule has 5 nitrogen and oxygen atoms in total. The fourth-order valence-corrected chi connectivity index (χ4v) is 3.92. The maximum Gasteiger partial charge on any atom is 0.266 e. The van der Waals surface area contributed by atoms with Crippen LogP contribution in [-0.2, 0) is 16.8 Å². The Kier molecular flexibility index (Phi) is 7.21. The second-order valence-electron chi connectivity index (χ2n) is 9.55. The number of nitrogens with zero attached hydrogens (tertiary/aromatic N) is 2. The second-order valence-corrected chi connectivity index (χ2v) is 9.55. The number of carbonyl (C=O) groups is 1. The minimum Gasteiger partial charge on any atom is -0.492 e. The first-order valence-corrected chi connectivity index (χ1v) is 11.7. The summed E-state index contributed by atoms with van der Waals surface area (Å²) in [5.74, 6) is -0.144. The van der Waals surface area contributed by atoms with Crippen LogP contribution in [0.2, 0.25) is 0 Å². The molecule has 0 saturated heterocycles. The highest BCUT2D eigenvalue weighted by molar-refractivity contribution is 6.10. The van der Waals surface area contributed by atoms with Gasteiger partial charge in [-0.2, -0.15) is 5.26 Å². The molecule has 4 aromatic rings. The zero-order valence-corrected chi connectivity index (χ0v) is 20.6. The van der Waals surface area contributed by atoms with E-state index < -0.39 is 11.7 Å². The molecule has 1 heterocycles. The number of nitriles is 1. The van der Waals surface area contributed by atoms with Crippen molar-refractivity contribution in [3.63, 3.8) is 0 Å². The molecule has 0 spiro atoms. The SMILES string of the molecule is CC(C)(C)c1ccc(OCCn2cc(C=C(C#N)C(=O)Nc3ccc(F)cc3)c3ccccc32)cc1. The van der Waals surface area contributed by atoms with E-state index in [2.05, 4.69) is 42.8 Å². The lowest BCUT2D eigenvalue weighted by atomic mass is 9.87. The van der Waals surface area contributed by atoms with Crippen molar-refractivity contribution in [3.8, 4) is 11.8 Å². The third-order valence-electron chi connectivity index (χ3n) is 5.91. The summed E-state index contributed by atoms with van der Waals surface area (Å²) >= 11 is 0. The number of fused-ring (bicyclic) bond motifs is 1. The highest BCUT2D eigenvalue weighted by Crippen LogP contribution is 2.26. The molecule has 1 aromatic heterocycles. The summed E-state index contributed by atoms with van der Waals surface area (Å²) in [5.41, 5.74) is 3.44. The molecule has 0 saturated carbocycles. The van der Waals surface area contributed by atoms with E-state index in [0.29, 0.717) is 18.8 Å². The van der Waals surface area contributed by atoms with Crippen LogP contribution in [0.1, 0.15) is 31.9 Å². The molecule has 3 aromatic carbocycles. The molecule has 36 heavy (non-hydrogen) atoms. The summed E-state index contributed by atoms with van der Waals surface area (Å²) in [6.07, 6.45) is 3.49. The molecule has 0 radical (unpaired) electrons. The Labute approximate surface area is 210 Å². The molecule has 0 atom stereocenters. The number of halogens is 1. The number of carbonyl (C=O) groups excluding carboxylic acids is 1. The second kappa shape index (κ2) is 10.5. The van der Waals surface area contributed by atoms with Crippen LogP contribution in [0.15, 0.2) is 84.6 Å². The third kappa shape index (κ3) is 5.81. The number of hydrogen-bond donors (Lipinski definition) is 1. The Balaban J connectivity index is 1.50. The van der Waals surface area contributed by atoms with Gasteiger partial charge in [-0.1, -0.05) is 51.1 Å². The first-order chi connectivity index (χ1) is 17.2. The molecular weight excluding hydrogens is 453 g/mol. The van der Waals surface area contributed by atoms with Crippen molar-refractivity contribution in [2.45, 2.75) is 32.7 Å². The van der Waals surface area contributed by atoms with Crippen molar-refractivity contribution < 1.29 is 13.9 Å². The Morgan fingerprint density at radius 2 is 1.75 bits per heavy atom. The first-order valence-electron chi connectivity index (χ1n) is 11.7. The Morgan fingerprint density at radius 1 is 1.06 bits per heavy atom. The number of anilines is 1. The number of amides is 1. The molecular formula is C30H28FN3O2. The first kappa shape index (κ1) is 24.7. The molecule has 0 unspecified atom stereocenters. The van der Waals surface area contributed by atoms with Crippen molar-refractivity contribution in [2.75, 3.05) is 11.9 Å². The Bertz CT molecular complexity index is 1440. The molecule has 0 aliphatic heterocycles. The van der Waals surface area contributed by atoms with E-state index in [1.54, 1.807) is 6.08 Å². The molecule has 1 N–H and O–H groups in total. The van der Waals surface area contributed by atoms with Crippen LogP contribution in [-0.4, -0.2) is 17.1 Å². The summed E-state index contributed by atoms with van der Waals surface area (Å²) in [7, 11) is 0. The van der Waals surface area contributed by atoms with Crippen LogP contribution >= 0.6 is 0 Å². The molecule has 4 rings (SSSR count). The summed E-state index contributed by atoms with van der Waals surface area (Å²) in [5, 5.41) is 13.2. The Morgan fingerprint density at radius 3 is 2.42 bits per heavy atom. The average Bonchev–Trinajstić information content (AvgIpc) is 3.21. The lowest BCUT2D eigenvalue weighted by Gasteiger charge is -2.19. The van der Waals surface area contributed by atoms with E-state index in [9.17, 15) is 14.4 Å². The van der Waals surface area contributed by atoms with E-state index in [0.717, 1.165) is 22.2 Å². The standard InChI is InChI=1S/C30H28FN3O2/c1-30(2,3)23-8-14-26(15-9-23)36-17-16-34-20-22(27-6-4-5-7-28(27)34)18-21(19-32)29(35)33-25-12-10-24(31)11-13-25/h4-15,18,20H,16-17H2,1-3H3,(H,33,35). The van der Waals surface area contributed by atoms with Crippen LogP contribution in [0.3, 0.4) is 0 Å². The minimum atomic E-state index is -0.553. The van der Waals surface area contributed by atoms with Gasteiger partial charge in [0.2, 0.25) is 0 Å². The fourth-order valence-electron chi connectivity index (χ4n) is 3.92. The predicted octanol–water partition coefficient (Wildman–Crippen LogP) is 6.70. The van der Waals surface area contributed by atoms with Gasteiger partial charge >= 0.3 is 0 Å². The van der Waals surface area contributed by atoms with Crippen molar-refractivity contribution in [1.29, 1.82) is 5.26 Å². The topological polar surface area (TPSA) is 67.0 Å². The van der Waals surface area contributed by atoms with Crippen LogP contribution < -0.4 is 10.1 Å². The molecule has 182 valence electrons. The number of aromatic nitrogens is 1. The number of ether oxygens (including phenoxy) is 1. The van der Waals surface area contributed by atoms with Gasteiger partial charge in [0.25, 0.3) is 5.91 Å². The normalized spacial score (nSPS) is 11.8. The molecule has 0 bridgehead atoms. The molecule has 6 heteroatoms. The predicted molar refractivity (Wildman–Crippen MR) is 141 cm³/mol. The number of nitrogens with one attached hydrogen (secondary N) is 1. The van der Waals surface area contributed by atoms with Gasteiger partial charge in [-0.15, -0.1) is 0 Å². The molecule has 0 fully saturated rings. The van der Waals surface area contributed by atoms with Crippen molar-refractivity contribution in [1.82, 2.24) is 4.57 Å². The van der Waals surface area contributed by atoms with Crippen LogP contribution in [0, 0.1) is 17.1 Å². The van der Waals surface area contributed by atoms with E-state index in [1.807, 2.05) is 48.7 Å². The van der Waals surface area contributed by atoms with Crippen molar-refractivity contribution in [2.24, 2.45) is 0 Å². The molecule has 0 aliphatic carbocycles. The third-order valence-corrected chi connectivity index (χ3v) is 5.91. The number of rotatable bonds is 7. The van der Waals surface area contributed by atoms with E-state index in [-0.39, 0.29) is 11.0 Å². The van der Waals surface area contributed by atoms with E-state index in [4.69, 9.17) is 4.74 Å². The van der Waals surface area contributed by atoms with Gasteiger partial charge in [0.15, 0.2) is 0 Å². The zero-order valence-electron chi connectivity index (χ0n) is 20.6. The largest absolute Gasteiger partial charge is 0.492 e. The quantitative estimate of drug-likeness (QED) is 0.236. The van der Waals surface area contributed by atoms with Crippen molar-refractivity contribution >= 4 is 28.6 Å². The lowest BCUT2D eigenvalue weighted by molar-refractivity contribution is -0.112. The molecule has 1 amide bonds. The van der Waals surface area contributed by atoms with Crippen LogP contribution in [0.4, 0.5) is 10.1 Å². The van der Waals surface area contributed by atoms with Crippen LogP contribution in [0.25, 0.3) is 17.0 Å². The number of hydrogen-bond acceptors (Lipinski definition) is 3. The minimum absolute atomic E-state index is 0.0441.